The molecule has 0 unspecified atom stereocenters. The van der Waals surface area contributed by atoms with E-state index < -0.39 is 0 Å². The van der Waals surface area contributed by atoms with Crippen molar-refractivity contribution in [3.8, 4) is 11.5 Å². The number of hydrogen-bond acceptors (Lipinski definition) is 3. The Labute approximate surface area is 103 Å². The summed E-state index contributed by atoms with van der Waals surface area (Å²) in [4.78, 5) is 0. The largest absolute Gasteiger partial charge is 0.504 e. The highest BCUT2D eigenvalue weighted by molar-refractivity contribution is 5.45. The Hall–Kier alpha value is -1.22. The van der Waals surface area contributed by atoms with Crippen molar-refractivity contribution in [2.75, 3.05) is 6.61 Å². The molecule has 94 valence electrons. The molecule has 3 heteroatoms. The molecule has 1 aromatic rings. The molecule has 1 fully saturated rings. The van der Waals surface area contributed by atoms with Gasteiger partial charge in [-0.2, -0.15) is 0 Å². The SMILES string of the molecule is CCOc1cccc(CNC2CC(C)C2)c1O. The molecule has 0 aromatic heterocycles. The summed E-state index contributed by atoms with van der Waals surface area (Å²) in [7, 11) is 0. The molecule has 0 atom stereocenters. The highest BCUT2D eigenvalue weighted by Crippen LogP contribution is 2.31. The van der Waals surface area contributed by atoms with Crippen molar-refractivity contribution in [2.24, 2.45) is 5.92 Å². The summed E-state index contributed by atoms with van der Waals surface area (Å²) >= 11 is 0. The molecule has 17 heavy (non-hydrogen) atoms. The predicted octanol–water partition coefficient (Wildman–Crippen LogP) is 2.68. The van der Waals surface area contributed by atoms with Gasteiger partial charge in [-0.05, 0) is 31.7 Å². The van der Waals surface area contributed by atoms with Crippen molar-refractivity contribution >= 4 is 0 Å². The lowest BCUT2D eigenvalue weighted by molar-refractivity contribution is 0.239. The molecular weight excluding hydrogens is 214 g/mol. The van der Waals surface area contributed by atoms with Crippen LogP contribution in [0.2, 0.25) is 0 Å². The van der Waals surface area contributed by atoms with Crippen molar-refractivity contribution in [2.45, 2.75) is 39.3 Å². The summed E-state index contributed by atoms with van der Waals surface area (Å²) in [6.07, 6.45) is 2.48. The van der Waals surface area contributed by atoms with E-state index in [2.05, 4.69) is 12.2 Å². The summed E-state index contributed by atoms with van der Waals surface area (Å²) < 4.78 is 5.36. The summed E-state index contributed by atoms with van der Waals surface area (Å²) in [5.41, 5.74) is 0.913. The Morgan fingerprint density at radius 3 is 2.82 bits per heavy atom. The molecule has 1 aliphatic carbocycles. The van der Waals surface area contributed by atoms with E-state index in [0.29, 0.717) is 24.9 Å². The maximum Gasteiger partial charge on any atom is 0.162 e. The standard InChI is InChI=1S/C14H21NO2/c1-3-17-13-6-4-5-11(14(13)16)9-15-12-7-10(2)8-12/h4-6,10,12,15-16H,3,7-9H2,1-2H3. The number of ether oxygens (including phenoxy) is 1. The lowest BCUT2D eigenvalue weighted by Crippen LogP contribution is -2.39. The third-order valence-electron chi connectivity index (χ3n) is 3.34. The predicted molar refractivity (Wildman–Crippen MR) is 68.3 cm³/mol. The molecular formula is C14H21NO2. The van der Waals surface area contributed by atoms with E-state index in [1.165, 1.54) is 12.8 Å². The zero-order valence-electron chi connectivity index (χ0n) is 10.6. The van der Waals surface area contributed by atoms with Crippen molar-refractivity contribution in [3.63, 3.8) is 0 Å². The molecule has 1 saturated carbocycles. The van der Waals surface area contributed by atoms with Crippen LogP contribution in [0.5, 0.6) is 11.5 Å². The van der Waals surface area contributed by atoms with E-state index in [1.54, 1.807) is 6.07 Å². The van der Waals surface area contributed by atoms with Gasteiger partial charge in [-0.25, -0.2) is 0 Å². The van der Waals surface area contributed by atoms with Gasteiger partial charge < -0.3 is 15.2 Å². The number of nitrogens with one attached hydrogen (secondary N) is 1. The van der Waals surface area contributed by atoms with Gasteiger partial charge in [0.15, 0.2) is 11.5 Å². The van der Waals surface area contributed by atoms with Gasteiger partial charge >= 0.3 is 0 Å². The van der Waals surface area contributed by atoms with Gasteiger partial charge in [0.05, 0.1) is 6.61 Å². The first-order valence-corrected chi connectivity index (χ1v) is 6.37. The van der Waals surface area contributed by atoms with E-state index in [0.717, 1.165) is 11.5 Å². The maximum absolute atomic E-state index is 10.0. The second-order valence-electron chi connectivity index (χ2n) is 4.85. The zero-order valence-corrected chi connectivity index (χ0v) is 10.6. The van der Waals surface area contributed by atoms with Crippen LogP contribution in [-0.4, -0.2) is 17.8 Å². The molecule has 2 N–H and O–H groups in total. The molecule has 0 heterocycles. The normalized spacial score (nSPS) is 23.2. The Kier molecular flexibility index (Phi) is 3.89. The minimum atomic E-state index is 0.272. The highest BCUT2D eigenvalue weighted by atomic mass is 16.5. The van der Waals surface area contributed by atoms with Crippen LogP contribution in [0.15, 0.2) is 18.2 Å². The van der Waals surface area contributed by atoms with Crippen LogP contribution in [0.1, 0.15) is 32.3 Å². The second-order valence-corrected chi connectivity index (χ2v) is 4.85. The maximum atomic E-state index is 10.0. The lowest BCUT2D eigenvalue weighted by atomic mass is 9.82. The van der Waals surface area contributed by atoms with Gasteiger partial charge in [0.1, 0.15) is 0 Å². The fraction of sp³-hybridized carbons (Fsp3) is 0.571. The first-order valence-electron chi connectivity index (χ1n) is 6.37. The van der Waals surface area contributed by atoms with Crippen LogP contribution in [0.3, 0.4) is 0 Å². The molecule has 3 nitrogen and oxygen atoms in total. The van der Waals surface area contributed by atoms with Gasteiger partial charge in [0.2, 0.25) is 0 Å². The Morgan fingerprint density at radius 2 is 2.18 bits per heavy atom. The molecule has 0 saturated heterocycles. The Morgan fingerprint density at radius 1 is 1.41 bits per heavy atom. The summed E-state index contributed by atoms with van der Waals surface area (Å²) in [6, 6.07) is 6.27. The molecule has 0 spiro atoms. The third kappa shape index (κ3) is 2.91. The number of hydrogen-bond donors (Lipinski definition) is 2. The Balaban J connectivity index is 1.93. The van der Waals surface area contributed by atoms with E-state index in [9.17, 15) is 5.11 Å². The number of rotatable bonds is 5. The average molecular weight is 235 g/mol. The summed E-state index contributed by atoms with van der Waals surface area (Å²) in [6.45, 7) is 5.47. The highest BCUT2D eigenvalue weighted by Gasteiger charge is 2.24. The average Bonchev–Trinajstić information content (AvgIpc) is 2.27. The van der Waals surface area contributed by atoms with E-state index in [4.69, 9.17) is 4.74 Å². The first kappa shape index (κ1) is 12.2. The van der Waals surface area contributed by atoms with Crippen LogP contribution < -0.4 is 10.1 Å². The molecule has 0 amide bonds. The number of benzene rings is 1. The van der Waals surface area contributed by atoms with Crippen LogP contribution in [0, 0.1) is 5.92 Å². The first-order chi connectivity index (χ1) is 8.20. The second kappa shape index (κ2) is 5.41. The van der Waals surface area contributed by atoms with Gasteiger partial charge in [-0.15, -0.1) is 0 Å². The number of aromatic hydroxyl groups is 1. The Bertz CT molecular complexity index is 372. The topological polar surface area (TPSA) is 41.5 Å². The van der Waals surface area contributed by atoms with Crippen LogP contribution in [0.25, 0.3) is 0 Å². The van der Waals surface area contributed by atoms with Crippen molar-refractivity contribution in [1.29, 1.82) is 0 Å². The van der Waals surface area contributed by atoms with Gasteiger partial charge in [0, 0.05) is 18.2 Å². The van der Waals surface area contributed by atoms with Crippen molar-refractivity contribution < 1.29 is 9.84 Å². The molecule has 1 aromatic carbocycles. The van der Waals surface area contributed by atoms with Crippen molar-refractivity contribution in [3.05, 3.63) is 23.8 Å². The zero-order chi connectivity index (χ0) is 12.3. The van der Waals surface area contributed by atoms with Crippen molar-refractivity contribution in [1.82, 2.24) is 5.32 Å². The number of phenols is 1. The molecule has 2 rings (SSSR count). The van der Waals surface area contributed by atoms with Gasteiger partial charge in [-0.1, -0.05) is 19.1 Å². The molecule has 0 aliphatic heterocycles. The smallest absolute Gasteiger partial charge is 0.162 e. The van der Waals surface area contributed by atoms with E-state index in [-0.39, 0.29) is 5.75 Å². The van der Waals surface area contributed by atoms with Crippen LogP contribution >= 0.6 is 0 Å². The monoisotopic (exact) mass is 235 g/mol. The van der Waals surface area contributed by atoms with E-state index >= 15 is 0 Å². The fourth-order valence-electron chi connectivity index (χ4n) is 2.31. The van der Waals surface area contributed by atoms with Gasteiger partial charge in [-0.3, -0.25) is 0 Å². The van der Waals surface area contributed by atoms with Crippen LogP contribution in [0.4, 0.5) is 0 Å². The van der Waals surface area contributed by atoms with Gasteiger partial charge in [0.25, 0.3) is 0 Å². The molecule has 0 bridgehead atoms. The van der Waals surface area contributed by atoms with E-state index in [1.807, 2.05) is 19.1 Å². The van der Waals surface area contributed by atoms with Crippen LogP contribution in [-0.2, 0) is 6.54 Å². The molecule has 0 radical (unpaired) electrons. The summed E-state index contributed by atoms with van der Waals surface area (Å²) in [5.74, 6) is 1.69. The number of phenolic OH excluding ortho intramolecular Hbond substituents is 1. The quantitative estimate of drug-likeness (QED) is 0.824. The third-order valence-corrected chi connectivity index (χ3v) is 3.34. The minimum absolute atomic E-state index is 0.272. The lowest BCUT2D eigenvalue weighted by Gasteiger charge is -2.33. The summed E-state index contributed by atoms with van der Waals surface area (Å²) in [5, 5.41) is 13.5. The number of para-hydroxylation sites is 1. The fourth-order valence-corrected chi connectivity index (χ4v) is 2.31. The molecule has 1 aliphatic rings. The minimum Gasteiger partial charge on any atom is -0.504 e.